The van der Waals surface area contributed by atoms with E-state index in [0.29, 0.717) is 39.1 Å². The monoisotopic (exact) mass is 374 g/mol. The van der Waals surface area contributed by atoms with Crippen LogP contribution in [0.4, 0.5) is 13.2 Å². The molecule has 1 unspecified atom stereocenters. The van der Waals surface area contributed by atoms with Gasteiger partial charge in [0.05, 0.1) is 0 Å². The minimum absolute atomic E-state index is 0.0631. The average molecular weight is 374 g/mol. The fourth-order valence-corrected chi connectivity index (χ4v) is 2.94. The van der Waals surface area contributed by atoms with Crippen molar-refractivity contribution in [3.63, 3.8) is 0 Å². The summed E-state index contributed by atoms with van der Waals surface area (Å²) >= 11 is 0. The predicted molar refractivity (Wildman–Crippen MR) is 90.7 cm³/mol. The molecule has 1 aliphatic heterocycles. The first-order valence-corrected chi connectivity index (χ1v) is 8.64. The summed E-state index contributed by atoms with van der Waals surface area (Å²) in [5, 5.41) is 0. The van der Waals surface area contributed by atoms with E-state index in [1.165, 1.54) is 7.11 Å². The lowest BCUT2D eigenvalue weighted by Gasteiger charge is -2.36. The van der Waals surface area contributed by atoms with E-state index in [1.807, 2.05) is 30.3 Å². The number of ether oxygens (including phenoxy) is 2. The molecule has 1 aliphatic rings. The Labute approximate surface area is 151 Å². The number of nitrogens with zero attached hydrogens (tertiary/aromatic N) is 2. The van der Waals surface area contributed by atoms with E-state index >= 15 is 0 Å². The van der Waals surface area contributed by atoms with E-state index in [1.54, 1.807) is 4.90 Å². The highest BCUT2D eigenvalue weighted by molar-refractivity contribution is 5.82. The van der Waals surface area contributed by atoms with Gasteiger partial charge in [-0.3, -0.25) is 9.69 Å². The van der Waals surface area contributed by atoms with Crippen LogP contribution >= 0.6 is 0 Å². The first-order chi connectivity index (χ1) is 12.4. The fourth-order valence-electron chi connectivity index (χ4n) is 2.94. The zero-order valence-electron chi connectivity index (χ0n) is 14.9. The summed E-state index contributed by atoms with van der Waals surface area (Å²) < 4.78 is 46.0. The molecule has 0 radical (unpaired) electrons. The number of benzene rings is 1. The summed E-state index contributed by atoms with van der Waals surface area (Å²) in [5.41, 5.74) is 0.823. The summed E-state index contributed by atoms with van der Waals surface area (Å²) in [4.78, 5) is 16.6. The lowest BCUT2D eigenvalue weighted by atomic mass is 10.1. The van der Waals surface area contributed by atoms with Gasteiger partial charge in [0.25, 0.3) is 5.91 Å². The smallest absolute Gasteiger partial charge is 0.372 e. The van der Waals surface area contributed by atoms with Crippen molar-refractivity contribution in [2.24, 2.45) is 0 Å². The number of halogens is 3. The minimum atomic E-state index is -4.28. The number of carbonyl (C=O) groups is 1. The van der Waals surface area contributed by atoms with Crippen LogP contribution in [-0.4, -0.2) is 74.9 Å². The molecule has 0 N–H and O–H groups in total. The fraction of sp³-hybridized carbons (Fsp3) is 0.611. The van der Waals surface area contributed by atoms with Crippen molar-refractivity contribution in [3.05, 3.63) is 35.9 Å². The molecule has 1 atom stereocenters. The standard InChI is InChI=1S/C18H25F3N2O3/c1-25-16(15-6-3-2-4-7-15)17(24)23-11-9-22(10-12-23)8-5-13-26-14-18(19,20)21/h2-4,6-7,16H,5,8-14H2,1H3. The van der Waals surface area contributed by atoms with Crippen molar-refractivity contribution in [3.8, 4) is 0 Å². The Morgan fingerprint density at radius 1 is 1.15 bits per heavy atom. The number of piperazine rings is 1. The summed E-state index contributed by atoms with van der Waals surface area (Å²) in [6, 6.07) is 9.35. The number of carbonyl (C=O) groups excluding carboxylic acids is 1. The summed E-state index contributed by atoms with van der Waals surface area (Å²) in [6.07, 6.45) is -4.35. The second-order valence-electron chi connectivity index (χ2n) is 6.21. The first-order valence-electron chi connectivity index (χ1n) is 8.64. The van der Waals surface area contributed by atoms with Crippen LogP contribution in [-0.2, 0) is 14.3 Å². The van der Waals surface area contributed by atoms with Gasteiger partial charge in [0, 0.05) is 46.4 Å². The molecule has 2 rings (SSSR count). The van der Waals surface area contributed by atoms with E-state index in [-0.39, 0.29) is 12.5 Å². The molecule has 5 nitrogen and oxygen atoms in total. The Kier molecular flexibility index (Phi) is 7.86. The van der Waals surface area contributed by atoms with Gasteiger partial charge in [0.15, 0.2) is 6.10 Å². The van der Waals surface area contributed by atoms with Crippen molar-refractivity contribution in [1.29, 1.82) is 0 Å². The molecule has 8 heteroatoms. The van der Waals surface area contributed by atoms with Crippen molar-refractivity contribution in [2.45, 2.75) is 18.7 Å². The van der Waals surface area contributed by atoms with Crippen molar-refractivity contribution < 1.29 is 27.4 Å². The lowest BCUT2D eigenvalue weighted by Crippen LogP contribution is -2.50. The van der Waals surface area contributed by atoms with Gasteiger partial charge in [-0.05, 0) is 12.0 Å². The van der Waals surface area contributed by atoms with Gasteiger partial charge in [-0.25, -0.2) is 0 Å². The van der Waals surface area contributed by atoms with E-state index < -0.39 is 18.9 Å². The maximum absolute atomic E-state index is 12.7. The van der Waals surface area contributed by atoms with Crippen LogP contribution in [0, 0.1) is 0 Å². The Hall–Kier alpha value is -1.64. The van der Waals surface area contributed by atoms with Crippen LogP contribution in [0.25, 0.3) is 0 Å². The van der Waals surface area contributed by atoms with Gasteiger partial charge in [-0.1, -0.05) is 30.3 Å². The summed E-state index contributed by atoms with van der Waals surface area (Å²) in [6.45, 7) is 2.08. The number of methoxy groups -OCH3 is 1. The molecule has 0 aliphatic carbocycles. The summed E-state index contributed by atoms with van der Waals surface area (Å²) in [5.74, 6) is -0.0631. The molecule has 1 heterocycles. The highest BCUT2D eigenvalue weighted by Gasteiger charge is 2.29. The normalized spacial score (nSPS) is 17.3. The zero-order chi connectivity index (χ0) is 19.0. The van der Waals surface area contributed by atoms with Crippen LogP contribution in [0.2, 0.25) is 0 Å². The Bertz CT molecular complexity index is 546. The van der Waals surface area contributed by atoms with E-state index in [9.17, 15) is 18.0 Å². The third-order valence-corrected chi connectivity index (χ3v) is 4.28. The van der Waals surface area contributed by atoms with Gasteiger partial charge in [-0.2, -0.15) is 13.2 Å². The predicted octanol–water partition coefficient (Wildman–Crippen LogP) is 2.49. The number of rotatable bonds is 8. The highest BCUT2D eigenvalue weighted by atomic mass is 19.4. The molecule has 1 aromatic rings. The Morgan fingerprint density at radius 3 is 2.38 bits per heavy atom. The van der Waals surface area contributed by atoms with Gasteiger partial charge < -0.3 is 14.4 Å². The molecule has 26 heavy (non-hydrogen) atoms. The second kappa shape index (κ2) is 9.89. The van der Waals surface area contributed by atoms with Crippen LogP contribution in [0.1, 0.15) is 18.1 Å². The average Bonchev–Trinajstić information content (AvgIpc) is 2.62. The second-order valence-corrected chi connectivity index (χ2v) is 6.21. The van der Waals surface area contributed by atoms with Crippen molar-refractivity contribution in [2.75, 3.05) is 53.0 Å². The molecular formula is C18H25F3N2O3. The molecule has 1 fully saturated rings. The van der Waals surface area contributed by atoms with Gasteiger partial charge in [-0.15, -0.1) is 0 Å². The minimum Gasteiger partial charge on any atom is -0.372 e. The quantitative estimate of drug-likeness (QED) is 0.656. The van der Waals surface area contributed by atoms with E-state index in [4.69, 9.17) is 4.74 Å². The van der Waals surface area contributed by atoms with Gasteiger partial charge in [0.2, 0.25) is 0 Å². The first kappa shape index (κ1) is 20.7. The van der Waals surface area contributed by atoms with E-state index in [2.05, 4.69) is 9.64 Å². The lowest BCUT2D eigenvalue weighted by molar-refractivity contribution is -0.174. The highest BCUT2D eigenvalue weighted by Crippen LogP contribution is 2.20. The number of amides is 1. The molecule has 0 saturated carbocycles. The van der Waals surface area contributed by atoms with Crippen LogP contribution in [0.3, 0.4) is 0 Å². The summed E-state index contributed by atoms with van der Waals surface area (Å²) in [7, 11) is 1.52. The Balaban J connectivity index is 1.71. The molecule has 0 aromatic heterocycles. The molecule has 1 amide bonds. The van der Waals surface area contributed by atoms with Crippen LogP contribution in [0.15, 0.2) is 30.3 Å². The molecule has 0 spiro atoms. The number of hydrogen-bond acceptors (Lipinski definition) is 4. The Morgan fingerprint density at radius 2 is 1.81 bits per heavy atom. The topological polar surface area (TPSA) is 42.0 Å². The number of hydrogen-bond donors (Lipinski definition) is 0. The molecule has 1 saturated heterocycles. The number of alkyl halides is 3. The van der Waals surface area contributed by atoms with Gasteiger partial charge >= 0.3 is 6.18 Å². The maximum atomic E-state index is 12.7. The molecular weight excluding hydrogens is 349 g/mol. The van der Waals surface area contributed by atoms with Crippen LogP contribution < -0.4 is 0 Å². The third kappa shape index (κ3) is 6.59. The zero-order valence-corrected chi connectivity index (χ0v) is 14.9. The molecule has 146 valence electrons. The van der Waals surface area contributed by atoms with Crippen LogP contribution in [0.5, 0.6) is 0 Å². The van der Waals surface area contributed by atoms with Gasteiger partial charge in [0.1, 0.15) is 6.61 Å². The van der Waals surface area contributed by atoms with E-state index in [0.717, 1.165) is 5.56 Å². The molecule has 1 aromatic carbocycles. The van der Waals surface area contributed by atoms with Crippen molar-refractivity contribution >= 4 is 5.91 Å². The largest absolute Gasteiger partial charge is 0.411 e. The molecule has 0 bridgehead atoms. The SMILES string of the molecule is COC(C(=O)N1CCN(CCCOCC(F)(F)F)CC1)c1ccccc1. The third-order valence-electron chi connectivity index (χ3n) is 4.28. The van der Waals surface area contributed by atoms with Crippen molar-refractivity contribution in [1.82, 2.24) is 9.80 Å². The maximum Gasteiger partial charge on any atom is 0.411 e.